The quantitative estimate of drug-likeness (QED) is 0.782. The molecule has 4 unspecified atom stereocenters. The number of hydrogen-bond donors (Lipinski definition) is 1. The molecular weight excluding hydrogens is 198 g/mol. The van der Waals surface area contributed by atoms with Crippen LogP contribution >= 0.6 is 0 Å². The summed E-state index contributed by atoms with van der Waals surface area (Å²) in [7, 11) is 2.31. The Morgan fingerprint density at radius 2 is 1.88 bits per heavy atom. The van der Waals surface area contributed by atoms with Crippen LogP contribution < -0.4 is 5.73 Å². The average Bonchev–Trinajstić information content (AvgIpc) is 2.46. The van der Waals surface area contributed by atoms with Gasteiger partial charge in [0.2, 0.25) is 0 Å². The van der Waals surface area contributed by atoms with Crippen molar-refractivity contribution in [3.63, 3.8) is 0 Å². The second-order valence-corrected chi connectivity index (χ2v) is 5.94. The van der Waals surface area contributed by atoms with Gasteiger partial charge in [0.15, 0.2) is 0 Å². The SMILES string of the molecule is CC(N)C(C)CN1CCC2CCC(C1)N2C. The topological polar surface area (TPSA) is 32.5 Å². The molecule has 0 aromatic carbocycles. The van der Waals surface area contributed by atoms with Gasteiger partial charge in [-0.2, -0.15) is 0 Å². The maximum atomic E-state index is 5.96. The van der Waals surface area contributed by atoms with Crippen LogP contribution in [0.4, 0.5) is 0 Å². The Balaban J connectivity index is 1.89. The summed E-state index contributed by atoms with van der Waals surface area (Å²) in [5, 5.41) is 0. The molecule has 0 spiro atoms. The molecule has 2 bridgehead atoms. The van der Waals surface area contributed by atoms with E-state index < -0.39 is 0 Å². The van der Waals surface area contributed by atoms with Crippen molar-refractivity contribution in [1.82, 2.24) is 9.80 Å². The molecule has 0 aromatic heterocycles. The Labute approximate surface area is 100.0 Å². The Kier molecular flexibility index (Phi) is 3.88. The van der Waals surface area contributed by atoms with Gasteiger partial charge in [-0.05, 0) is 45.7 Å². The molecule has 94 valence electrons. The highest BCUT2D eigenvalue weighted by Crippen LogP contribution is 2.28. The van der Waals surface area contributed by atoms with Gasteiger partial charge in [0.1, 0.15) is 0 Å². The van der Waals surface area contributed by atoms with E-state index >= 15 is 0 Å². The Bertz CT molecular complexity index is 229. The predicted molar refractivity (Wildman–Crippen MR) is 68.4 cm³/mol. The number of nitrogens with zero attached hydrogens (tertiary/aromatic N) is 2. The predicted octanol–water partition coefficient (Wildman–Crippen LogP) is 1.14. The van der Waals surface area contributed by atoms with Crippen LogP contribution in [-0.4, -0.2) is 54.6 Å². The van der Waals surface area contributed by atoms with Gasteiger partial charge in [0, 0.05) is 31.2 Å². The van der Waals surface area contributed by atoms with Gasteiger partial charge in [-0.1, -0.05) is 6.92 Å². The summed E-state index contributed by atoms with van der Waals surface area (Å²) < 4.78 is 0. The average molecular weight is 225 g/mol. The third-order valence-corrected chi connectivity index (χ3v) is 4.68. The molecule has 2 N–H and O–H groups in total. The fourth-order valence-corrected chi connectivity index (χ4v) is 3.12. The highest BCUT2D eigenvalue weighted by Gasteiger charge is 2.34. The van der Waals surface area contributed by atoms with Gasteiger partial charge in [-0.15, -0.1) is 0 Å². The zero-order valence-electron chi connectivity index (χ0n) is 11.0. The van der Waals surface area contributed by atoms with E-state index in [4.69, 9.17) is 5.73 Å². The first-order valence-electron chi connectivity index (χ1n) is 6.77. The maximum absolute atomic E-state index is 5.96. The van der Waals surface area contributed by atoms with Crippen LogP contribution in [0.1, 0.15) is 33.1 Å². The first kappa shape index (κ1) is 12.3. The first-order valence-corrected chi connectivity index (χ1v) is 6.77. The molecule has 0 radical (unpaired) electrons. The summed E-state index contributed by atoms with van der Waals surface area (Å²) in [5.41, 5.74) is 5.96. The molecule has 2 aliphatic rings. The van der Waals surface area contributed by atoms with Gasteiger partial charge in [0.25, 0.3) is 0 Å². The lowest BCUT2D eigenvalue weighted by Gasteiger charge is -2.29. The molecule has 2 heterocycles. The highest BCUT2D eigenvalue weighted by atomic mass is 15.3. The number of nitrogens with two attached hydrogens (primary N) is 1. The van der Waals surface area contributed by atoms with Crippen molar-refractivity contribution >= 4 is 0 Å². The van der Waals surface area contributed by atoms with Crippen molar-refractivity contribution in [1.29, 1.82) is 0 Å². The van der Waals surface area contributed by atoms with E-state index in [1.54, 1.807) is 0 Å². The lowest BCUT2D eigenvalue weighted by atomic mass is 10.0. The summed E-state index contributed by atoms with van der Waals surface area (Å²) in [5.74, 6) is 0.613. The lowest BCUT2D eigenvalue weighted by molar-refractivity contribution is 0.195. The molecule has 0 amide bonds. The summed E-state index contributed by atoms with van der Waals surface area (Å²) >= 11 is 0. The van der Waals surface area contributed by atoms with Crippen LogP contribution in [0, 0.1) is 5.92 Å². The second-order valence-electron chi connectivity index (χ2n) is 5.94. The summed E-state index contributed by atoms with van der Waals surface area (Å²) in [6, 6.07) is 1.96. The number of likely N-dealkylation sites (tertiary alicyclic amines) is 1. The van der Waals surface area contributed by atoms with Gasteiger partial charge in [0.05, 0.1) is 0 Å². The van der Waals surface area contributed by atoms with E-state index in [1.807, 2.05) is 0 Å². The standard InChI is InChI=1S/C13H27N3/c1-10(11(2)14)8-16-7-6-12-4-5-13(9-16)15(12)3/h10-13H,4-9,14H2,1-3H3. The smallest absolute Gasteiger partial charge is 0.0223 e. The first-order chi connectivity index (χ1) is 7.58. The normalized spacial score (nSPS) is 36.0. The van der Waals surface area contributed by atoms with Gasteiger partial charge in [-0.3, -0.25) is 4.90 Å². The second kappa shape index (κ2) is 5.03. The Hall–Kier alpha value is -0.120. The monoisotopic (exact) mass is 225 g/mol. The van der Waals surface area contributed by atoms with E-state index in [-0.39, 0.29) is 0 Å². The van der Waals surface area contributed by atoms with Gasteiger partial charge in [-0.25, -0.2) is 0 Å². The van der Waals surface area contributed by atoms with E-state index in [1.165, 1.54) is 38.9 Å². The molecule has 2 aliphatic heterocycles. The molecule has 0 aliphatic carbocycles. The van der Waals surface area contributed by atoms with Crippen molar-refractivity contribution in [3.8, 4) is 0 Å². The van der Waals surface area contributed by atoms with E-state index in [0.29, 0.717) is 12.0 Å². The van der Waals surface area contributed by atoms with Crippen LogP contribution in [0.25, 0.3) is 0 Å². The van der Waals surface area contributed by atoms with Gasteiger partial charge >= 0.3 is 0 Å². The van der Waals surface area contributed by atoms with Crippen molar-refractivity contribution in [2.75, 3.05) is 26.7 Å². The highest BCUT2D eigenvalue weighted by molar-refractivity contribution is 4.91. The fraction of sp³-hybridized carbons (Fsp3) is 1.00. The minimum Gasteiger partial charge on any atom is -0.328 e. The molecule has 4 atom stereocenters. The summed E-state index contributed by atoms with van der Waals surface area (Å²) in [6.07, 6.45) is 4.15. The third-order valence-electron chi connectivity index (χ3n) is 4.68. The fourth-order valence-electron chi connectivity index (χ4n) is 3.12. The number of fused-ring (bicyclic) bond motifs is 2. The molecule has 2 fully saturated rings. The van der Waals surface area contributed by atoms with Crippen LogP contribution in [0.2, 0.25) is 0 Å². The minimum atomic E-state index is 0.318. The largest absolute Gasteiger partial charge is 0.328 e. The van der Waals surface area contributed by atoms with Crippen molar-refractivity contribution in [2.45, 2.75) is 51.2 Å². The van der Waals surface area contributed by atoms with Crippen LogP contribution in [0.15, 0.2) is 0 Å². The van der Waals surface area contributed by atoms with E-state index in [0.717, 1.165) is 12.1 Å². The lowest BCUT2D eigenvalue weighted by Crippen LogP contribution is -2.41. The minimum absolute atomic E-state index is 0.318. The van der Waals surface area contributed by atoms with Crippen LogP contribution in [0.5, 0.6) is 0 Å². The molecule has 3 heteroatoms. The summed E-state index contributed by atoms with van der Waals surface area (Å²) in [6.45, 7) is 8.10. The molecule has 16 heavy (non-hydrogen) atoms. The van der Waals surface area contributed by atoms with Crippen molar-refractivity contribution < 1.29 is 0 Å². The number of hydrogen-bond acceptors (Lipinski definition) is 3. The van der Waals surface area contributed by atoms with Crippen molar-refractivity contribution in [2.24, 2.45) is 11.7 Å². The number of likely N-dealkylation sites (N-methyl/N-ethyl adjacent to an activating group) is 1. The molecular formula is C13H27N3. The Morgan fingerprint density at radius 3 is 2.56 bits per heavy atom. The molecule has 3 nitrogen and oxygen atoms in total. The molecule has 0 aromatic rings. The zero-order valence-corrected chi connectivity index (χ0v) is 11.0. The molecule has 2 rings (SSSR count). The maximum Gasteiger partial charge on any atom is 0.0223 e. The van der Waals surface area contributed by atoms with Crippen molar-refractivity contribution in [3.05, 3.63) is 0 Å². The molecule has 0 saturated carbocycles. The van der Waals surface area contributed by atoms with Crippen LogP contribution in [0.3, 0.4) is 0 Å². The van der Waals surface area contributed by atoms with E-state index in [2.05, 4.69) is 30.7 Å². The third kappa shape index (κ3) is 2.58. The number of rotatable bonds is 3. The molecule has 2 saturated heterocycles. The van der Waals surface area contributed by atoms with Crippen LogP contribution in [-0.2, 0) is 0 Å². The zero-order chi connectivity index (χ0) is 11.7. The summed E-state index contributed by atoms with van der Waals surface area (Å²) in [4.78, 5) is 5.24. The Morgan fingerprint density at radius 1 is 1.19 bits per heavy atom. The van der Waals surface area contributed by atoms with Gasteiger partial charge < -0.3 is 10.6 Å². The van der Waals surface area contributed by atoms with E-state index in [9.17, 15) is 0 Å².